The molecule has 1 aromatic carbocycles. The number of carbonyl (C=O) groups excluding carboxylic acids is 2. The van der Waals surface area contributed by atoms with E-state index in [9.17, 15) is 19.8 Å². The summed E-state index contributed by atoms with van der Waals surface area (Å²) in [7, 11) is 0. The van der Waals surface area contributed by atoms with Crippen LogP contribution in [0.1, 0.15) is 104 Å². The quantitative estimate of drug-likeness (QED) is 0.192. The van der Waals surface area contributed by atoms with Crippen molar-refractivity contribution < 1.29 is 29.6 Å². The minimum Gasteiger partial charge on any atom is -0.462 e. The van der Waals surface area contributed by atoms with Gasteiger partial charge in [-0.05, 0) is 68.4 Å². The first-order valence-electron chi connectivity index (χ1n) is 14.0. The van der Waals surface area contributed by atoms with E-state index in [0.717, 1.165) is 56.3 Å². The summed E-state index contributed by atoms with van der Waals surface area (Å²) in [5, 5.41) is 28.1. The fraction of sp³-hybridized carbons (Fsp3) is 0.600. The van der Waals surface area contributed by atoms with Gasteiger partial charge in [-0.15, -0.1) is 11.3 Å². The number of ether oxygens (including phenoxy) is 1. The maximum atomic E-state index is 11.7. The van der Waals surface area contributed by atoms with Gasteiger partial charge in [0.05, 0.1) is 18.8 Å². The molecule has 3 rings (SSSR count). The molecule has 0 aliphatic carbocycles. The van der Waals surface area contributed by atoms with Gasteiger partial charge in [-0.1, -0.05) is 51.7 Å². The Morgan fingerprint density at radius 1 is 1.00 bits per heavy atom. The third-order valence-corrected chi connectivity index (χ3v) is 7.61. The number of hydrogen-bond donors (Lipinski definition) is 3. The third-order valence-electron chi connectivity index (χ3n) is 6.48. The van der Waals surface area contributed by atoms with Gasteiger partial charge in [0.25, 0.3) is 0 Å². The largest absolute Gasteiger partial charge is 0.462 e. The first-order valence-corrected chi connectivity index (χ1v) is 14.8. The first kappa shape index (κ1) is 32.0. The van der Waals surface area contributed by atoms with Crippen LogP contribution >= 0.6 is 11.3 Å². The van der Waals surface area contributed by atoms with E-state index < -0.39 is 6.10 Å². The van der Waals surface area contributed by atoms with Crippen LogP contribution in [0.5, 0.6) is 0 Å². The number of carbonyl (C=O) groups is 2. The molecule has 1 aliphatic heterocycles. The number of benzene rings is 1. The third kappa shape index (κ3) is 11.2. The summed E-state index contributed by atoms with van der Waals surface area (Å²) in [4.78, 5) is 27.0. The van der Waals surface area contributed by atoms with E-state index in [1.807, 2.05) is 35.2 Å². The number of rotatable bonds is 15. The van der Waals surface area contributed by atoms with E-state index >= 15 is 0 Å². The first-order chi connectivity index (χ1) is 18.4. The van der Waals surface area contributed by atoms with Gasteiger partial charge >= 0.3 is 5.97 Å². The summed E-state index contributed by atoms with van der Waals surface area (Å²) in [5.74, 6) is -0.0831. The number of nitrogens with zero attached hydrogens (tertiary/aromatic N) is 1. The molecule has 38 heavy (non-hydrogen) atoms. The summed E-state index contributed by atoms with van der Waals surface area (Å²) in [5.41, 5.74) is 1.90. The molecule has 2 heterocycles. The number of unbranched alkanes of at least 4 members (excludes halogenated alkanes) is 2. The number of aliphatic hydroxyl groups is 3. The van der Waals surface area contributed by atoms with E-state index in [2.05, 4.69) is 13.8 Å². The molecule has 0 radical (unpaired) electrons. The van der Waals surface area contributed by atoms with Gasteiger partial charge in [0, 0.05) is 30.1 Å². The van der Waals surface area contributed by atoms with Crippen LogP contribution in [0, 0.1) is 0 Å². The van der Waals surface area contributed by atoms with Crippen LogP contribution in [-0.2, 0) is 16.0 Å². The van der Waals surface area contributed by atoms with E-state index in [4.69, 9.17) is 9.84 Å². The van der Waals surface area contributed by atoms with Crippen molar-refractivity contribution in [2.75, 3.05) is 24.7 Å². The Morgan fingerprint density at radius 3 is 2.39 bits per heavy atom. The Hall–Kier alpha value is -2.26. The zero-order valence-corrected chi connectivity index (χ0v) is 23.8. The van der Waals surface area contributed by atoms with Gasteiger partial charge in [-0.25, -0.2) is 4.79 Å². The lowest BCUT2D eigenvalue weighted by Crippen LogP contribution is -2.23. The molecule has 1 aromatic heterocycles. The zero-order valence-electron chi connectivity index (χ0n) is 22.9. The van der Waals surface area contributed by atoms with Crippen LogP contribution in [-0.4, -0.2) is 53.1 Å². The lowest BCUT2D eigenvalue weighted by molar-refractivity contribution is -0.117. The Balaban J connectivity index is 0.000000267. The highest BCUT2D eigenvalue weighted by molar-refractivity contribution is 7.13. The highest BCUT2D eigenvalue weighted by atomic mass is 32.1. The predicted octanol–water partition coefficient (Wildman–Crippen LogP) is 5.81. The Kier molecular flexibility index (Phi) is 15.2. The molecule has 0 spiro atoms. The highest BCUT2D eigenvalue weighted by Gasteiger charge is 2.21. The zero-order chi connectivity index (χ0) is 27.8. The average Bonchev–Trinajstić information content (AvgIpc) is 3.56. The molecule has 212 valence electrons. The summed E-state index contributed by atoms with van der Waals surface area (Å²) >= 11 is 1.48. The normalized spacial score (nSPS) is 14.7. The fourth-order valence-electron chi connectivity index (χ4n) is 4.27. The summed E-state index contributed by atoms with van der Waals surface area (Å²) in [6.45, 7) is 5.37. The van der Waals surface area contributed by atoms with Gasteiger partial charge in [-0.2, -0.15) is 0 Å². The number of aryl methyl sites for hydroxylation is 1. The number of thiophene rings is 1. The van der Waals surface area contributed by atoms with Gasteiger partial charge in [0.1, 0.15) is 4.88 Å². The Bertz CT molecular complexity index is 944. The molecule has 1 aliphatic rings. The molecule has 3 N–H and O–H groups in total. The van der Waals surface area contributed by atoms with Crippen molar-refractivity contribution in [1.82, 2.24) is 0 Å². The average molecular weight is 548 g/mol. The van der Waals surface area contributed by atoms with E-state index in [1.165, 1.54) is 22.6 Å². The molecule has 1 fully saturated rings. The summed E-state index contributed by atoms with van der Waals surface area (Å²) < 4.78 is 5.15. The molecule has 2 aromatic rings. The number of esters is 1. The van der Waals surface area contributed by atoms with Crippen molar-refractivity contribution >= 4 is 28.9 Å². The van der Waals surface area contributed by atoms with Gasteiger partial charge < -0.3 is 25.0 Å². The van der Waals surface area contributed by atoms with Crippen molar-refractivity contribution in [2.45, 2.75) is 96.7 Å². The molecule has 1 unspecified atom stereocenters. The maximum Gasteiger partial charge on any atom is 0.348 e. The number of aliphatic hydroxyl groups excluding tert-OH is 3. The van der Waals surface area contributed by atoms with Crippen LogP contribution < -0.4 is 4.90 Å². The van der Waals surface area contributed by atoms with E-state index in [1.54, 1.807) is 6.07 Å². The predicted molar refractivity (Wildman–Crippen MR) is 153 cm³/mol. The van der Waals surface area contributed by atoms with Crippen molar-refractivity contribution in [2.24, 2.45) is 0 Å². The molecule has 0 saturated carbocycles. The minimum atomic E-state index is -0.512. The van der Waals surface area contributed by atoms with Crippen molar-refractivity contribution in [3.8, 4) is 0 Å². The van der Waals surface area contributed by atoms with Gasteiger partial charge in [0.15, 0.2) is 0 Å². The second-order valence-corrected chi connectivity index (χ2v) is 10.9. The van der Waals surface area contributed by atoms with Crippen LogP contribution in [0.15, 0.2) is 36.4 Å². The SMILES string of the molecule is CCCCC[C@H](O)c1ccc(N2CCCC2=O)cc1.CCCc1ccc(C(=O)OCCCC(O)CCO)s1. The van der Waals surface area contributed by atoms with Crippen molar-refractivity contribution in [3.05, 3.63) is 51.7 Å². The molecule has 8 heteroatoms. The monoisotopic (exact) mass is 547 g/mol. The maximum absolute atomic E-state index is 11.7. The van der Waals surface area contributed by atoms with Crippen LogP contribution in [0.3, 0.4) is 0 Å². The number of hydrogen-bond acceptors (Lipinski definition) is 7. The molecule has 1 saturated heterocycles. The standard InChI is InChI=1S/C16H23NO2.C14H22O4S/c1-2-3-4-6-15(18)13-8-10-14(11-9-13)17-12-5-7-16(17)19;1-2-4-12-6-7-13(19-12)14(17)18-10-3-5-11(16)8-9-15/h8-11,15,18H,2-7,12H2,1H3;6-7,11,15-16H,2-5,8-10H2,1H3/t15-;/m0./s1. The Labute approximate surface area is 231 Å². The summed E-state index contributed by atoms with van der Waals surface area (Å²) in [6.07, 6.45) is 8.50. The molecule has 1 amide bonds. The smallest absolute Gasteiger partial charge is 0.348 e. The van der Waals surface area contributed by atoms with Crippen molar-refractivity contribution in [1.29, 1.82) is 0 Å². The topological polar surface area (TPSA) is 107 Å². The lowest BCUT2D eigenvalue weighted by atomic mass is 10.0. The minimum absolute atomic E-state index is 0.0175. The number of anilines is 1. The Morgan fingerprint density at radius 2 is 1.76 bits per heavy atom. The van der Waals surface area contributed by atoms with Crippen LogP contribution in [0.4, 0.5) is 5.69 Å². The summed E-state index contributed by atoms with van der Waals surface area (Å²) in [6, 6.07) is 11.5. The van der Waals surface area contributed by atoms with E-state index in [-0.39, 0.29) is 24.6 Å². The second-order valence-electron chi connectivity index (χ2n) is 9.71. The van der Waals surface area contributed by atoms with Crippen LogP contribution in [0.25, 0.3) is 0 Å². The molecule has 2 atom stereocenters. The lowest BCUT2D eigenvalue weighted by Gasteiger charge is -2.17. The molecular weight excluding hydrogens is 502 g/mol. The fourth-order valence-corrected chi connectivity index (χ4v) is 5.27. The van der Waals surface area contributed by atoms with Gasteiger partial charge in [0.2, 0.25) is 5.91 Å². The highest BCUT2D eigenvalue weighted by Crippen LogP contribution is 2.25. The van der Waals surface area contributed by atoms with Crippen molar-refractivity contribution in [3.63, 3.8) is 0 Å². The van der Waals surface area contributed by atoms with Gasteiger partial charge in [-0.3, -0.25) is 4.79 Å². The van der Waals surface area contributed by atoms with Crippen LogP contribution in [0.2, 0.25) is 0 Å². The molecule has 7 nitrogen and oxygen atoms in total. The van der Waals surface area contributed by atoms with E-state index in [0.29, 0.717) is 37.2 Å². The second kappa shape index (κ2) is 18.1. The molecular formula is C30H45NO6S. The number of amides is 1. The molecule has 0 bridgehead atoms.